The summed E-state index contributed by atoms with van der Waals surface area (Å²) in [4.78, 5) is 39.0. The van der Waals surface area contributed by atoms with Gasteiger partial charge in [-0.3, -0.25) is 4.79 Å². The quantitative estimate of drug-likeness (QED) is 0.376. The highest BCUT2D eigenvalue weighted by Crippen LogP contribution is 2.36. The van der Waals surface area contributed by atoms with Gasteiger partial charge in [0.15, 0.2) is 10.9 Å². The van der Waals surface area contributed by atoms with E-state index >= 15 is 0 Å². The van der Waals surface area contributed by atoms with Gasteiger partial charge in [-0.15, -0.1) is 0 Å². The van der Waals surface area contributed by atoms with E-state index in [1.807, 2.05) is 0 Å². The first-order valence-corrected chi connectivity index (χ1v) is 9.75. The Morgan fingerprint density at radius 2 is 2.00 bits per heavy atom. The molecule has 3 N–H and O–H groups in total. The van der Waals surface area contributed by atoms with Crippen molar-refractivity contribution >= 4 is 50.3 Å². The van der Waals surface area contributed by atoms with Gasteiger partial charge in [0.05, 0.1) is 16.4 Å². The Kier molecular flexibility index (Phi) is 4.07. The van der Waals surface area contributed by atoms with E-state index in [0.717, 1.165) is 0 Å². The van der Waals surface area contributed by atoms with Crippen LogP contribution in [-0.2, 0) is 0 Å². The number of benzene rings is 2. The second kappa shape index (κ2) is 6.67. The molecule has 9 heteroatoms. The monoisotopic (exact) mass is 420 g/mol. The Morgan fingerprint density at radius 3 is 2.80 bits per heavy atom. The van der Waals surface area contributed by atoms with E-state index < -0.39 is 11.8 Å². The summed E-state index contributed by atoms with van der Waals surface area (Å²) >= 11 is 1.27. The molecule has 0 atom stereocenters. The van der Waals surface area contributed by atoms with Gasteiger partial charge in [-0.25, -0.2) is 19.2 Å². The summed E-state index contributed by atoms with van der Waals surface area (Å²) in [7, 11) is 0. The maximum absolute atomic E-state index is 13.9. The van der Waals surface area contributed by atoms with Gasteiger partial charge in [-0.05, 0) is 42.8 Å². The Hall–Kier alpha value is -3.72. The van der Waals surface area contributed by atoms with Crippen molar-refractivity contribution in [1.82, 2.24) is 19.9 Å². The maximum Gasteiger partial charge on any atom is 0.354 e. The summed E-state index contributed by atoms with van der Waals surface area (Å²) in [6.07, 6.45) is 2.97. The molecule has 0 aliphatic carbocycles. The molecular formula is C21H13FN4O3S. The number of hydrogen-bond donors (Lipinski definition) is 3. The molecule has 0 spiro atoms. The van der Waals surface area contributed by atoms with Crippen LogP contribution in [0.5, 0.6) is 0 Å². The lowest BCUT2D eigenvalue weighted by Gasteiger charge is -2.05. The number of aromatic nitrogens is 4. The number of halogens is 1. The maximum atomic E-state index is 13.9. The van der Waals surface area contributed by atoms with Gasteiger partial charge in [-0.1, -0.05) is 11.8 Å². The number of carboxylic acids is 1. The van der Waals surface area contributed by atoms with Crippen LogP contribution in [0.1, 0.15) is 16.1 Å². The second-order valence-electron chi connectivity index (χ2n) is 6.74. The first-order chi connectivity index (χ1) is 14.4. The predicted octanol–water partition coefficient (Wildman–Crippen LogP) is 4.25. The molecule has 3 aromatic heterocycles. The van der Waals surface area contributed by atoms with Crippen LogP contribution in [0.4, 0.5) is 4.39 Å². The van der Waals surface area contributed by atoms with Crippen LogP contribution in [0.3, 0.4) is 0 Å². The number of aromatic amines is 2. The van der Waals surface area contributed by atoms with Crippen LogP contribution in [0.2, 0.25) is 0 Å². The SMILES string of the molecule is Cc1c(Sc2nc3c4cc[nH]c(=O)c4c4cc(F)ccc4c3[nH]2)ccnc1C(=O)O. The second-order valence-corrected chi connectivity index (χ2v) is 7.77. The van der Waals surface area contributed by atoms with E-state index in [0.29, 0.717) is 48.2 Å². The minimum atomic E-state index is -1.10. The molecule has 0 radical (unpaired) electrons. The van der Waals surface area contributed by atoms with Crippen molar-refractivity contribution < 1.29 is 14.3 Å². The van der Waals surface area contributed by atoms with Gasteiger partial charge in [0.2, 0.25) is 0 Å². The highest BCUT2D eigenvalue weighted by molar-refractivity contribution is 7.99. The fraction of sp³-hybridized carbons (Fsp3) is 0.0476. The molecule has 148 valence electrons. The van der Waals surface area contributed by atoms with Crippen molar-refractivity contribution in [3.8, 4) is 0 Å². The lowest BCUT2D eigenvalue weighted by Crippen LogP contribution is -2.05. The topological polar surface area (TPSA) is 112 Å². The molecule has 3 heterocycles. The summed E-state index contributed by atoms with van der Waals surface area (Å²) < 4.78 is 13.9. The van der Waals surface area contributed by atoms with Crippen LogP contribution < -0.4 is 5.56 Å². The normalized spacial score (nSPS) is 11.5. The van der Waals surface area contributed by atoms with E-state index in [2.05, 4.69) is 19.9 Å². The van der Waals surface area contributed by atoms with E-state index in [4.69, 9.17) is 0 Å². The van der Waals surface area contributed by atoms with Gasteiger partial charge < -0.3 is 15.1 Å². The third-order valence-electron chi connectivity index (χ3n) is 4.98. The first kappa shape index (κ1) is 18.3. The number of H-pyrrole nitrogens is 2. The molecule has 0 bridgehead atoms. The third kappa shape index (κ3) is 2.74. The van der Waals surface area contributed by atoms with E-state index in [-0.39, 0.29) is 11.3 Å². The summed E-state index contributed by atoms with van der Waals surface area (Å²) in [5, 5.41) is 12.0. The minimum Gasteiger partial charge on any atom is -0.477 e. The van der Waals surface area contributed by atoms with Gasteiger partial charge >= 0.3 is 5.97 Å². The van der Waals surface area contributed by atoms with E-state index in [9.17, 15) is 19.1 Å². The predicted molar refractivity (Wildman–Crippen MR) is 112 cm³/mol. The van der Waals surface area contributed by atoms with Gasteiger partial charge in [0, 0.05) is 33.4 Å². The number of pyridine rings is 2. The number of imidazole rings is 1. The minimum absolute atomic E-state index is 0.0194. The van der Waals surface area contributed by atoms with Crippen LogP contribution in [0.25, 0.3) is 32.6 Å². The molecule has 0 saturated heterocycles. The summed E-state index contributed by atoms with van der Waals surface area (Å²) in [6, 6.07) is 7.75. The standard InChI is InChI=1S/C21H13FN4O3S/c1-9-14(5-7-23-16(9)20(28)29)30-21-25-17-11-3-2-10(22)8-13(11)15-12(18(17)26-21)4-6-24-19(15)27/h2-8H,1H3,(H,24,27)(H,25,26)(H,28,29). The number of rotatable bonds is 3. The molecule has 0 fully saturated rings. The average molecular weight is 420 g/mol. The fourth-order valence-corrected chi connectivity index (χ4v) is 4.50. The van der Waals surface area contributed by atoms with Crippen molar-refractivity contribution in [3.05, 3.63) is 70.2 Å². The molecule has 0 amide bonds. The van der Waals surface area contributed by atoms with Crippen molar-refractivity contribution in [2.45, 2.75) is 17.0 Å². The summed E-state index contributed by atoms with van der Waals surface area (Å²) in [6.45, 7) is 1.69. The fourth-order valence-electron chi connectivity index (χ4n) is 3.62. The average Bonchev–Trinajstić information content (AvgIpc) is 3.13. The zero-order valence-electron chi connectivity index (χ0n) is 15.5. The number of nitrogens with zero attached hydrogens (tertiary/aromatic N) is 2. The smallest absolute Gasteiger partial charge is 0.354 e. The Morgan fingerprint density at radius 1 is 1.17 bits per heavy atom. The zero-order valence-corrected chi connectivity index (χ0v) is 16.3. The lowest BCUT2D eigenvalue weighted by molar-refractivity contribution is 0.0689. The van der Waals surface area contributed by atoms with Gasteiger partial charge in [0.1, 0.15) is 5.82 Å². The molecule has 0 aliphatic rings. The van der Waals surface area contributed by atoms with Crippen LogP contribution >= 0.6 is 11.8 Å². The van der Waals surface area contributed by atoms with Crippen LogP contribution in [0, 0.1) is 12.7 Å². The van der Waals surface area contributed by atoms with Crippen LogP contribution in [-0.4, -0.2) is 31.0 Å². The van der Waals surface area contributed by atoms with Crippen LogP contribution in [0.15, 0.2) is 57.6 Å². The number of nitrogens with one attached hydrogen (secondary N) is 2. The number of fused-ring (bicyclic) bond motifs is 6. The molecule has 0 unspecified atom stereocenters. The van der Waals surface area contributed by atoms with Gasteiger partial charge in [-0.2, -0.15) is 0 Å². The molecule has 2 aromatic carbocycles. The molecule has 7 nitrogen and oxygen atoms in total. The number of hydrogen-bond acceptors (Lipinski definition) is 5. The third-order valence-corrected chi connectivity index (χ3v) is 6.03. The zero-order chi connectivity index (χ0) is 21.0. The summed E-state index contributed by atoms with van der Waals surface area (Å²) in [5.41, 5.74) is 1.45. The Labute approximate surface area is 172 Å². The molecule has 5 aromatic rings. The molecule has 0 saturated carbocycles. The van der Waals surface area contributed by atoms with Crippen molar-refractivity contribution in [3.63, 3.8) is 0 Å². The molecule has 5 rings (SSSR count). The lowest BCUT2D eigenvalue weighted by atomic mass is 10.0. The molecule has 0 aliphatic heterocycles. The first-order valence-electron chi connectivity index (χ1n) is 8.93. The molecule has 30 heavy (non-hydrogen) atoms. The highest BCUT2D eigenvalue weighted by atomic mass is 32.2. The number of carbonyl (C=O) groups is 1. The van der Waals surface area contributed by atoms with E-state index in [1.165, 1.54) is 36.3 Å². The highest BCUT2D eigenvalue weighted by Gasteiger charge is 2.18. The van der Waals surface area contributed by atoms with E-state index in [1.54, 1.807) is 25.1 Å². The number of carboxylic acid groups (broad SMARTS) is 1. The summed E-state index contributed by atoms with van der Waals surface area (Å²) in [5.74, 6) is -1.54. The molecular weight excluding hydrogens is 407 g/mol. The van der Waals surface area contributed by atoms with Crippen molar-refractivity contribution in [2.75, 3.05) is 0 Å². The largest absolute Gasteiger partial charge is 0.477 e. The Balaban J connectivity index is 1.78. The van der Waals surface area contributed by atoms with Crippen molar-refractivity contribution in [1.29, 1.82) is 0 Å². The van der Waals surface area contributed by atoms with Gasteiger partial charge in [0.25, 0.3) is 5.56 Å². The Bertz CT molecular complexity index is 1560. The number of aromatic carboxylic acids is 1. The van der Waals surface area contributed by atoms with Crippen molar-refractivity contribution in [2.24, 2.45) is 0 Å².